The number of benzene rings is 2. The normalized spacial score (nSPS) is 14.7. The zero-order chi connectivity index (χ0) is 17.6. The summed E-state index contributed by atoms with van der Waals surface area (Å²) >= 11 is 0. The van der Waals surface area contributed by atoms with Gasteiger partial charge in [0.05, 0.1) is 13.7 Å². The molecule has 2 aromatic rings. The van der Waals surface area contributed by atoms with Gasteiger partial charge in [-0.25, -0.2) is 0 Å². The zero-order valence-electron chi connectivity index (χ0n) is 15.4. The first-order valence-electron chi connectivity index (χ1n) is 9.36. The van der Waals surface area contributed by atoms with Gasteiger partial charge in [0.15, 0.2) is 11.5 Å². The van der Waals surface area contributed by atoms with Gasteiger partial charge in [0, 0.05) is 5.92 Å². The second-order valence-electron chi connectivity index (χ2n) is 6.79. The highest BCUT2D eigenvalue weighted by atomic mass is 16.5. The van der Waals surface area contributed by atoms with Crippen LogP contribution >= 0.6 is 0 Å². The molecular formula is C22H29NO2. The summed E-state index contributed by atoms with van der Waals surface area (Å²) in [5.74, 6) is 1.92. The van der Waals surface area contributed by atoms with Crippen molar-refractivity contribution in [2.24, 2.45) is 5.73 Å². The summed E-state index contributed by atoms with van der Waals surface area (Å²) in [6.45, 7) is 3.27. The standard InChI is InChI=1S/C22H29NO2/c1-3-25-22-13-16(8-11-21(22)24-2)12-20(15-23)19-10-9-17-6-4-5-7-18(17)14-19/h8-11,13-14,20H,3-7,12,15,23H2,1-2H3. The molecule has 0 radical (unpaired) electrons. The number of nitrogens with two attached hydrogens (primary N) is 1. The number of hydrogen-bond acceptors (Lipinski definition) is 3. The monoisotopic (exact) mass is 339 g/mol. The van der Waals surface area contributed by atoms with Crippen LogP contribution in [0.5, 0.6) is 11.5 Å². The van der Waals surface area contributed by atoms with Gasteiger partial charge < -0.3 is 15.2 Å². The molecule has 0 spiro atoms. The summed E-state index contributed by atoms with van der Waals surface area (Å²) in [5.41, 5.74) is 11.8. The molecule has 134 valence electrons. The van der Waals surface area contributed by atoms with Crippen LogP contribution in [0, 0.1) is 0 Å². The van der Waals surface area contributed by atoms with Crippen LogP contribution in [0.4, 0.5) is 0 Å². The van der Waals surface area contributed by atoms with Crippen LogP contribution in [0.1, 0.15) is 47.9 Å². The van der Waals surface area contributed by atoms with Crippen molar-refractivity contribution in [2.75, 3.05) is 20.3 Å². The maximum atomic E-state index is 6.13. The summed E-state index contributed by atoms with van der Waals surface area (Å²) in [4.78, 5) is 0. The Bertz CT molecular complexity index is 711. The third-order valence-corrected chi connectivity index (χ3v) is 5.14. The fourth-order valence-electron chi connectivity index (χ4n) is 3.75. The lowest BCUT2D eigenvalue weighted by molar-refractivity contribution is 0.310. The minimum atomic E-state index is 0.329. The summed E-state index contributed by atoms with van der Waals surface area (Å²) in [7, 11) is 1.67. The van der Waals surface area contributed by atoms with Gasteiger partial charge in [-0.3, -0.25) is 0 Å². The molecule has 0 heterocycles. The molecule has 1 unspecified atom stereocenters. The fraction of sp³-hybridized carbons (Fsp3) is 0.455. The highest BCUT2D eigenvalue weighted by molar-refractivity contribution is 5.44. The van der Waals surface area contributed by atoms with Gasteiger partial charge in [-0.1, -0.05) is 24.3 Å². The first kappa shape index (κ1) is 17.8. The molecule has 0 amide bonds. The minimum Gasteiger partial charge on any atom is -0.493 e. The van der Waals surface area contributed by atoms with E-state index in [0.29, 0.717) is 19.1 Å². The predicted molar refractivity (Wildman–Crippen MR) is 103 cm³/mol. The van der Waals surface area contributed by atoms with E-state index in [2.05, 4.69) is 30.3 Å². The molecule has 3 rings (SSSR count). The molecule has 0 fully saturated rings. The topological polar surface area (TPSA) is 44.5 Å². The van der Waals surface area contributed by atoms with E-state index in [0.717, 1.165) is 17.9 Å². The van der Waals surface area contributed by atoms with Gasteiger partial charge in [-0.15, -0.1) is 0 Å². The Hall–Kier alpha value is -2.00. The van der Waals surface area contributed by atoms with E-state index in [-0.39, 0.29) is 0 Å². The summed E-state index contributed by atoms with van der Waals surface area (Å²) in [5, 5.41) is 0. The number of hydrogen-bond donors (Lipinski definition) is 1. The lowest BCUT2D eigenvalue weighted by atomic mass is 9.85. The van der Waals surface area contributed by atoms with Crippen LogP contribution in [0.25, 0.3) is 0 Å². The second kappa shape index (κ2) is 8.39. The molecule has 3 heteroatoms. The molecule has 2 N–H and O–H groups in total. The molecule has 1 atom stereocenters. The lowest BCUT2D eigenvalue weighted by Gasteiger charge is -2.21. The van der Waals surface area contributed by atoms with E-state index in [1.807, 2.05) is 13.0 Å². The van der Waals surface area contributed by atoms with Crippen LogP contribution < -0.4 is 15.2 Å². The quantitative estimate of drug-likeness (QED) is 0.820. The molecule has 3 nitrogen and oxygen atoms in total. The molecule has 25 heavy (non-hydrogen) atoms. The predicted octanol–water partition coefficient (Wildman–Crippen LogP) is 4.26. The molecular weight excluding hydrogens is 310 g/mol. The molecule has 1 aliphatic carbocycles. The molecule has 2 aromatic carbocycles. The largest absolute Gasteiger partial charge is 0.493 e. The van der Waals surface area contributed by atoms with E-state index < -0.39 is 0 Å². The summed E-state index contributed by atoms with van der Waals surface area (Å²) in [6.07, 6.45) is 5.97. The van der Waals surface area contributed by atoms with Crippen molar-refractivity contribution in [1.29, 1.82) is 0 Å². The molecule has 0 aliphatic heterocycles. The van der Waals surface area contributed by atoms with Crippen molar-refractivity contribution in [3.63, 3.8) is 0 Å². The number of fused-ring (bicyclic) bond motifs is 1. The SMILES string of the molecule is CCOc1cc(CC(CN)c2ccc3c(c2)CCCC3)ccc1OC. The van der Waals surface area contributed by atoms with Crippen molar-refractivity contribution in [3.8, 4) is 11.5 Å². The third-order valence-electron chi connectivity index (χ3n) is 5.14. The summed E-state index contributed by atoms with van der Waals surface area (Å²) < 4.78 is 11.1. The first-order chi connectivity index (χ1) is 12.2. The van der Waals surface area contributed by atoms with E-state index in [4.69, 9.17) is 15.2 Å². The van der Waals surface area contributed by atoms with Crippen LogP contribution in [-0.2, 0) is 19.3 Å². The van der Waals surface area contributed by atoms with Crippen LogP contribution in [0.3, 0.4) is 0 Å². The molecule has 0 saturated heterocycles. The Balaban J connectivity index is 1.81. The van der Waals surface area contributed by atoms with Gasteiger partial charge in [0.1, 0.15) is 0 Å². The van der Waals surface area contributed by atoms with Gasteiger partial charge in [0.2, 0.25) is 0 Å². The Morgan fingerprint density at radius 3 is 2.52 bits per heavy atom. The van der Waals surface area contributed by atoms with E-state index in [1.54, 1.807) is 7.11 Å². The van der Waals surface area contributed by atoms with Crippen molar-refractivity contribution < 1.29 is 9.47 Å². The molecule has 1 aliphatic rings. The molecule has 0 saturated carbocycles. The number of methoxy groups -OCH3 is 1. The third kappa shape index (κ3) is 4.16. The minimum absolute atomic E-state index is 0.329. The molecule has 0 aromatic heterocycles. The van der Waals surface area contributed by atoms with Crippen molar-refractivity contribution >= 4 is 0 Å². The van der Waals surface area contributed by atoms with E-state index in [1.165, 1.54) is 47.9 Å². The Kier molecular flexibility index (Phi) is 5.98. The number of ether oxygens (including phenoxy) is 2. The van der Waals surface area contributed by atoms with Crippen molar-refractivity contribution in [2.45, 2.75) is 44.9 Å². The van der Waals surface area contributed by atoms with Crippen LogP contribution in [0.2, 0.25) is 0 Å². The van der Waals surface area contributed by atoms with Gasteiger partial charge in [0.25, 0.3) is 0 Å². The first-order valence-corrected chi connectivity index (χ1v) is 9.36. The van der Waals surface area contributed by atoms with E-state index in [9.17, 15) is 0 Å². The fourth-order valence-corrected chi connectivity index (χ4v) is 3.75. The zero-order valence-corrected chi connectivity index (χ0v) is 15.4. The van der Waals surface area contributed by atoms with Gasteiger partial charge >= 0.3 is 0 Å². The average molecular weight is 339 g/mol. The van der Waals surface area contributed by atoms with Crippen molar-refractivity contribution in [1.82, 2.24) is 0 Å². The van der Waals surface area contributed by atoms with E-state index >= 15 is 0 Å². The Morgan fingerprint density at radius 1 is 1.00 bits per heavy atom. The average Bonchev–Trinajstić information content (AvgIpc) is 2.66. The van der Waals surface area contributed by atoms with Gasteiger partial charge in [-0.05, 0) is 80.0 Å². The van der Waals surface area contributed by atoms with Crippen LogP contribution in [0.15, 0.2) is 36.4 Å². The summed E-state index contributed by atoms with van der Waals surface area (Å²) in [6, 6.07) is 13.2. The smallest absolute Gasteiger partial charge is 0.161 e. The molecule has 0 bridgehead atoms. The lowest BCUT2D eigenvalue weighted by Crippen LogP contribution is -2.16. The maximum absolute atomic E-state index is 6.13. The highest BCUT2D eigenvalue weighted by Crippen LogP contribution is 2.31. The Morgan fingerprint density at radius 2 is 1.80 bits per heavy atom. The van der Waals surface area contributed by atoms with Gasteiger partial charge in [-0.2, -0.15) is 0 Å². The van der Waals surface area contributed by atoms with Crippen molar-refractivity contribution in [3.05, 3.63) is 58.7 Å². The maximum Gasteiger partial charge on any atom is 0.161 e. The number of rotatable bonds is 7. The number of aryl methyl sites for hydroxylation is 2. The van der Waals surface area contributed by atoms with Crippen LogP contribution in [-0.4, -0.2) is 20.3 Å². The highest BCUT2D eigenvalue weighted by Gasteiger charge is 2.16. The second-order valence-corrected chi connectivity index (χ2v) is 6.79. The Labute approximate surface area is 151 Å².